The summed E-state index contributed by atoms with van der Waals surface area (Å²) in [5.41, 5.74) is 3.25. The van der Waals surface area contributed by atoms with E-state index >= 15 is 0 Å². The van der Waals surface area contributed by atoms with Gasteiger partial charge in [-0.15, -0.1) is 5.10 Å². The molecule has 0 atom stereocenters. The molecule has 8 heteroatoms. The van der Waals surface area contributed by atoms with Gasteiger partial charge in [0.25, 0.3) is 0 Å². The van der Waals surface area contributed by atoms with Gasteiger partial charge in [-0.25, -0.2) is 19.5 Å². The van der Waals surface area contributed by atoms with Crippen LogP contribution in [-0.4, -0.2) is 39.2 Å². The number of fused-ring (bicyclic) bond motifs is 2. The Hall–Kier alpha value is -2.90. The summed E-state index contributed by atoms with van der Waals surface area (Å²) >= 11 is 0. The van der Waals surface area contributed by atoms with E-state index in [4.69, 9.17) is 0 Å². The third-order valence-electron chi connectivity index (χ3n) is 4.51. The van der Waals surface area contributed by atoms with E-state index in [0.29, 0.717) is 6.42 Å². The van der Waals surface area contributed by atoms with Gasteiger partial charge in [-0.05, 0) is 0 Å². The highest BCUT2D eigenvalue weighted by atomic mass is 15.3. The summed E-state index contributed by atoms with van der Waals surface area (Å²) in [6.45, 7) is 10.7. The fourth-order valence-electron chi connectivity index (χ4n) is 2.86. The Labute approximate surface area is 151 Å². The van der Waals surface area contributed by atoms with Gasteiger partial charge >= 0.3 is 0 Å². The molecule has 134 valence electrons. The average molecular weight is 350 g/mol. The zero-order valence-corrected chi connectivity index (χ0v) is 15.7. The number of hydrogen-bond donors (Lipinski definition) is 0. The molecule has 0 aromatic carbocycles. The standard InChI is InChI=1S/C18H22N8/c1-17(2,3)12-10-26-16(22-12)7-19-14(24-26)6-18(4,5)13-9-25-11-21-20-8-15(25)23-13/h7-11H,6H2,1-5H3. The topological polar surface area (TPSA) is 86.2 Å². The van der Waals surface area contributed by atoms with Gasteiger partial charge in [-0.2, -0.15) is 10.2 Å². The third-order valence-corrected chi connectivity index (χ3v) is 4.51. The summed E-state index contributed by atoms with van der Waals surface area (Å²) in [5, 5.41) is 12.4. The predicted octanol–water partition coefficient (Wildman–Crippen LogP) is 2.38. The molecule has 4 aromatic rings. The van der Waals surface area contributed by atoms with Gasteiger partial charge in [0.15, 0.2) is 11.3 Å². The Kier molecular flexibility index (Phi) is 3.54. The Balaban J connectivity index is 1.66. The molecule has 4 aromatic heterocycles. The zero-order valence-electron chi connectivity index (χ0n) is 15.7. The molecule has 0 saturated carbocycles. The normalized spacial score (nSPS) is 13.0. The van der Waals surface area contributed by atoms with Crippen LogP contribution < -0.4 is 0 Å². The highest BCUT2D eigenvalue weighted by Gasteiger charge is 2.26. The van der Waals surface area contributed by atoms with Crippen LogP contribution in [0.25, 0.3) is 11.3 Å². The van der Waals surface area contributed by atoms with E-state index in [9.17, 15) is 0 Å². The van der Waals surface area contributed by atoms with E-state index in [1.165, 1.54) is 0 Å². The molecule has 0 N–H and O–H groups in total. The summed E-state index contributed by atoms with van der Waals surface area (Å²) in [6.07, 6.45) is 9.72. The maximum Gasteiger partial charge on any atom is 0.172 e. The molecule has 0 radical (unpaired) electrons. The Morgan fingerprint density at radius 2 is 1.65 bits per heavy atom. The van der Waals surface area contributed by atoms with Crippen molar-refractivity contribution in [2.24, 2.45) is 0 Å². The van der Waals surface area contributed by atoms with E-state index in [2.05, 4.69) is 64.9 Å². The Morgan fingerprint density at radius 3 is 2.38 bits per heavy atom. The minimum absolute atomic E-state index is 0.0221. The number of imidazole rings is 2. The van der Waals surface area contributed by atoms with E-state index < -0.39 is 0 Å². The molecule has 0 aliphatic rings. The molecule has 26 heavy (non-hydrogen) atoms. The van der Waals surface area contributed by atoms with Crippen LogP contribution >= 0.6 is 0 Å². The fourth-order valence-corrected chi connectivity index (χ4v) is 2.86. The number of aromatic nitrogens is 8. The molecular weight excluding hydrogens is 328 g/mol. The van der Waals surface area contributed by atoms with Crippen LogP contribution in [0.1, 0.15) is 51.8 Å². The van der Waals surface area contributed by atoms with Crippen LogP contribution in [0.5, 0.6) is 0 Å². The van der Waals surface area contributed by atoms with Gasteiger partial charge in [0.2, 0.25) is 0 Å². The van der Waals surface area contributed by atoms with E-state index in [-0.39, 0.29) is 10.8 Å². The summed E-state index contributed by atoms with van der Waals surface area (Å²) in [5.74, 6) is 0.758. The van der Waals surface area contributed by atoms with Crippen molar-refractivity contribution in [1.29, 1.82) is 0 Å². The van der Waals surface area contributed by atoms with Crippen molar-refractivity contribution in [3.05, 3.63) is 48.3 Å². The largest absolute Gasteiger partial charge is 0.287 e. The second-order valence-corrected chi connectivity index (χ2v) is 8.28. The van der Waals surface area contributed by atoms with Crippen LogP contribution in [0.15, 0.2) is 31.1 Å². The van der Waals surface area contributed by atoms with Crippen molar-refractivity contribution in [3.63, 3.8) is 0 Å². The van der Waals surface area contributed by atoms with Gasteiger partial charge in [0, 0.05) is 23.4 Å². The van der Waals surface area contributed by atoms with Crippen LogP contribution in [0.3, 0.4) is 0 Å². The minimum Gasteiger partial charge on any atom is -0.287 e. The van der Waals surface area contributed by atoms with Crippen LogP contribution in [0.2, 0.25) is 0 Å². The minimum atomic E-state index is -0.229. The molecule has 4 rings (SSSR count). The van der Waals surface area contributed by atoms with Gasteiger partial charge in [-0.3, -0.25) is 4.40 Å². The average Bonchev–Trinajstić information content (AvgIpc) is 3.18. The molecular formula is C18H22N8. The number of nitrogens with zero attached hydrogens (tertiary/aromatic N) is 8. The fraction of sp³-hybridized carbons (Fsp3) is 0.444. The van der Waals surface area contributed by atoms with Gasteiger partial charge in [-0.1, -0.05) is 34.6 Å². The summed E-state index contributed by atoms with van der Waals surface area (Å²) < 4.78 is 3.69. The van der Waals surface area contributed by atoms with Gasteiger partial charge in [0.05, 0.1) is 30.0 Å². The van der Waals surface area contributed by atoms with Crippen LogP contribution in [0, 0.1) is 0 Å². The molecule has 0 aliphatic carbocycles. The van der Waals surface area contributed by atoms with Crippen molar-refractivity contribution >= 4 is 11.3 Å². The second-order valence-electron chi connectivity index (χ2n) is 8.28. The lowest BCUT2D eigenvalue weighted by Gasteiger charge is -2.21. The van der Waals surface area contributed by atoms with Crippen molar-refractivity contribution < 1.29 is 0 Å². The zero-order chi connectivity index (χ0) is 18.5. The summed E-state index contributed by atoms with van der Waals surface area (Å²) in [4.78, 5) is 13.8. The first-order valence-electron chi connectivity index (χ1n) is 8.60. The van der Waals surface area contributed by atoms with Crippen molar-refractivity contribution in [2.75, 3.05) is 0 Å². The SMILES string of the molecule is CC(C)(C)c1cn2nc(CC(C)(C)c3cn4cnncc4n3)ncc2n1. The van der Waals surface area contributed by atoms with E-state index in [0.717, 1.165) is 28.5 Å². The third kappa shape index (κ3) is 2.91. The predicted molar refractivity (Wildman–Crippen MR) is 97.0 cm³/mol. The van der Waals surface area contributed by atoms with Crippen molar-refractivity contribution in [2.45, 2.75) is 51.9 Å². The molecule has 0 bridgehead atoms. The van der Waals surface area contributed by atoms with E-state index in [1.54, 1.807) is 18.7 Å². The summed E-state index contributed by atoms with van der Waals surface area (Å²) in [7, 11) is 0. The first-order valence-corrected chi connectivity index (χ1v) is 8.60. The quantitative estimate of drug-likeness (QED) is 0.564. The molecule has 0 spiro atoms. The summed E-state index contributed by atoms with van der Waals surface area (Å²) in [6, 6.07) is 0. The second kappa shape index (κ2) is 5.55. The smallest absolute Gasteiger partial charge is 0.172 e. The van der Waals surface area contributed by atoms with Crippen LogP contribution in [-0.2, 0) is 17.3 Å². The van der Waals surface area contributed by atoms with Gasteiger partial charge in [0.1, 0.15) is 12.2 Å². The molecule has 0 saturated heterocycles. The number of rotatable bonds is 3. The highest BCUT2D eigenvalue weighted by molar-refractivity contribution is 5.39. The van der Waals surface area contributed by atoms with Crippen molar-refractivity contribution in [3.8, 4) is 0 Å². The molecule has 4 heterocycles. The van der Waals surface area contributed by atoms with E-state index in [1.807, 2.05) is 21.3 Å². The first kappa shape index (κ1) is 16.6. The van der Waals surface area contributed by atoms with Gasteiger partial charge < -0.3 is 0 Å². The Bertz CT molecular complexity index is 1050. The molecule has 0 amide bonds. The lowest BCUT2D eigenvalue weighted by Crippen LogP contribution is -2.23. The molecule has 0 fully saturated rings. The monoisotopic (exact) mass is 350 g/mol. The first-order chi connectivity index (χ1) is 12.2. The molecule has 0 unspecified atom stereocenters. The Morgan fingerprint density at radius 1 is 0.885 bits per heavy atom. The van der Waals surface area contributed by atoms with Crippen molar-refractivity contribution in [1.82, 2.24) is 39.2 Å². The highest BCUT2D eigenvalue weighted by Crippen LogP contribution is 2.26. The lowest BCUT2D eigenvalue weighted by atomic mass is 9.86. The number of hydrogen-bond acceptors (Lipinski definition) is 6. The molecule has 0 aliphatic heterocycles. The molecule has 8 nitrogen and oxygen atoms in total. The maximum absolute atomic E-state index is 4.67. The lowest BCUT2D eigenvalue weighted by molar-refractivity contribution is 0.488. The van der Waals surface area contributed by atoms with Crippen LogP contribution in [0.4, 0.5) is 0 Å². The maximum atomic E-state index is 4.67.